The Morgan fingerprint density at radius 2 is 1.54 bits per heavy atom. The van der Waals surface area contributed by atoms with Gasteiger partial charge >= 0.3 is 0 Å². The van der Waals surface area contributed by atoms with Crippen molar-refractivity contribution in [1.82, 2.24) is 4.57 Å². The first-order chi connectivity index (χ1) is 16.7. The van der Waals surface area contributed by atoms with E-state index in [1.54, 1.807) is 5.56 Å². The average molecular weight is 473 g/mol. The minimum atomic E-state index is 0. The molecule has 2 nitrogen and oxygen atoms in total. The van der Waals surface area contributed by atoms with E-state index in [0.717, 1.165) is 11.8 Å². The molecule has 2 fully saturated rings. The second-order valence-electron chi connectivity index (χ2n) is 11.4. The summed E-state index contributed by atoms with van der Waals surface area (Å²) in [5.41, 5.74) is 12.1. The normalized spacial score (nSPS) is 22.1. The van der Waals surface area contributed by atoms with Crippen molar-refractivity contribution < 1.29 is 0 Å². The molecule has 190 valence electrons. The van der Waals surface area contributed by atoms with E-state index in [9.17, 15) is 0 Å². The predicted octanol–water partition coefficient (Wildman–Crippen LogP) is 8.99. The van der Waals surface area contributed by atoms with Crippen LogP contribution in [-0.4, -0.2) is 10.6 Å². The Morgan fingerprint density at radius 1 is 0.829 bits per heavy atom. The van der Waals surface area contributed by atoms with E-state index >= 15 is 0 Å². The highest BCUT2D eigenvalue weighted by Crippen LogP contribution is 2.39. The first kappa shape index (κ1) is 26.0. The van der Waals surface area contributed by atoms with Crippen molar-refractivity contribution in [3.8, 4) is 0 Å². The molecular formula is C33H48N2. The van der Waals surface area contributed by atoms with Crippen molar-refractivity contribution in [3.63, 3.8) is 0 Å². The molecule has 5 rings (SSSR count). The zero-order valence-corrected chi connectivity index (χ0v) is 21.2. The van der Waals surface area contributed by atoms with Crippen LogP contribution in [0.2, 0.25) is 0 Å². The number of rotatable bonds is 8. The van der Waals surface area contributed by atoms with Crippen LogP contribution in [0.5, 0.6) is 0 Å². The van der Waals surface area contributed by atoms with Gasteiger partial charge in [-0.1, -0.05) is 82.0 Å². The summed E-state index contributed by atoms with van der Waals surface area (Å²) in [6.07, 6.45) is 18.6. The van der Waals surface area contributed by atoms with Crippen LogP contribution in [0.1, 0.15) is 107 Å². The molecular weight excluding hydrogens is 424 g/mol. The molecule has 2 aromatic carbocycles. The van der Waals surface area contributed by atoms with Gasteiger partial charge in [-0.3, -0.25) is 0 Å². The Labute approximate surface area is 214 Å². The van der Waals surface area contributed by atoms with E-state index in [0.29, 0.717) is 12.0 Å². The molecule has 2 N–H and O–H groups in total. The lowest BCUT2D eigenvalue weighted by Crippen LogP contribution is -2.26. The van der Waals surface area contributed by atoms with E-state index in [-0.39, 0.29) is 7.43 Å². The molecule has 2 saturated carbocycles. The molecule has 0 amide bonds. The van der Waals surface area contributed by atoms with Crippen LogP contribution in [-0.2, 0) is 6.54 Å². The summed E-state index contributed by atoms with van der Waals surface area (Å²) >= 11 is 0. The minimum Gasteiger partial charge on any atom is -0.347 e. The number of nitrogens with two attached hydrogens (primary N) is 1. The van der Waals surface area contributed by atoms with Crippen molar-refractivity contribution in [2.75, 3.05) is 0 Å². The third-order valence-corrected chi connectivity index (χ3v) is 8.93. The van der Waals surface area contributed by atoms with Gasteiger partial charge in [-0.05, 0) is 86.5 Å². The van der Waals surface area contributed by atoms with Gasteiger partial charge in [-0.15, -0.1) is 0 Å². The second kappa shape index (κ2) is 12.3. The number of para-hydroxylation sites is 1. The zero-order chi connectivity index (χ0) is 23.3. The summed E-state index contributed by atoms with van der Waals surface area (Å²) in [6.45, 7) is 3.48. The second-order valence-corrected chi connectivity index (χ2v) is 11.4. The number of hydrogen-bond donors (Lipinski definition) is 1. The SMILES string of the molecule is C.Cc1ccccc1C(CCCC1CCC(N)CC1)c1cn(CC2CCCCC2)c2ccccc12. The molecule has 2 aliphatic carbocycles. The number of aromatic nitrogens is 1. The maximum Gasteiger partial charge on any atom is 0.0483 e. The number of benzene rings is 2. The molecule has 1 unspecified atom stereocenters. The van der Waals surface area contributed by atoms with Crippen LogP contribution < -0.4 is 5.73 Å². The molecule has 0 aliphatic heterocycles. The molecule has 0 bridgehead atoms. The van der Waals surface area contributed by atoms with E-state index in [1.165, 1.54) is 106 Å². The number of nitrogens with zero attached hydrogens (tertiary/aromatic N) is 1. The molecule has 0 saturated heterocycles. The Bertz CT molecular complexity index is 1050. The first-order valence-electron chi connectivity index (χ1n) is 14.1. The Kier molecular flexibility index (Phi) is 9.11. The zero-order valence-electron chi connectivity index (χ0n) is 21.2. The summed E-state index contributed by atoms with van der Waals surface area (Å²) in [6, 6.07) is 18.7. The van der Waals surface area contributed by atoms with Crippen LogP contribution in [0.4, 0.5) is 0 Å². The molecule has 2 aliphatic rings. The number of aryl methyl sites for hydroxylation is 1. The van der Waals surface area contributed by atoms with Crippen molar-refractivity contribution in [2.24, 2.45) is 17.6 Å². The summed E-state index contributed by atoms with van der Waals surface area (Å²) < 4.78 is 2.61. The van der Waals surface area contributed by atoms with Crippen LogP contribution >= 0.6 is 0 Å². The van der Waals surface area contributed by atoms with Crippen LogP contribution in [0.3, 0.4) is 0 Å². The van der Waals surface area contributed by atoms with Crippen LogP contribution in [0.25, 0.3) is 10.9 Å². The van der Waals surface area contributed by atoms with Gasteiger partial charge in [-0.2, -0.15) is 0 Å². The lowest BCUT2D eigenvalue weighted by atomic mass is 9.80. The number of fused-ring (bicyclic) bond motifs is 1. The summed E-state index contributed by atoms with van der Waals surface area (Å²) in [7, 11) is 0. The van der Waals surface area contributed by atoms with Crippen molar-refractivity contribution >= 4 is 10.9 Å². The standard InChI is InChI=1S/C32H44N2.CH4/c1-24-10-5-6-14-28(24)29(16-9-13-25-18-20-27(33)21-19-25)31-23-34(22-26-11-3-2-4-12-26)32-17-8-7-15-30(31)32;/h5-8,10,14-15,17,23,25-27,29H,2-4,9,11-13,16,18-22,33H2,1H3;1H4. The highest BCUT2D eigenvalue weighted by Gasteiger charge is 2.24. The van der Waals surface area contributed by atoms with Gasteiger partial charge in [0, 0.05) is 35.6 Å². The van der Waals surface area contributed by atoms with E-state index in [1.807, 2.05) is 0 Å². The van der Waals surface area contributed by atoms with Crippen molar-refractivity contribution in [2.45, 2.75) is 110 Å². The minimum absolute atomic E-state index is 0. The lowest BCUT2D eigenvalue weighted by molar-refractivity contribution is 0.302. The van der Waals surface area contributed by atoms with E-state index < -0.39 is 0 Å². The molecule has 0 radical (unpaired) electrons. The van der Waals surface area contributed by atoms with Gasteiger partial charge in [0.25, 0.3) is 0 Å². The summed E-state index contributed by atoms with van der Waals surface area (Å²) in [5, 5.41) is 1.47. The van der Waals surface area contributed by atoms with Crippen molar-refractivity contribution in [3.05, 3.63) is 71.4 Å². The van der Waals surface area contributed by atoms with Crippen LogP contribution in [0, 0.1) is 18.8 Å². The molecule has 1 aromatic heterocycles. The van der Waals surface area contributed by atoms with Gasteiger partial charge in [0.2, 0.25) is 0 Å². The molecule has 1 heterocycles. The van der Waals surface area contributed by atoms with E-state index in [4.69, 9.17) is 5.73 Å². The highest BCUT2D eigenvalue weighted by molar-refractivity contribution is 5.85. The van der Waals surface area contributed by atoms with Crippen LogP contribution in [0.15, 0.2) is 54.7 Å². The van der Waals surface area contributed by atoms with Gasteiger partial charge in [0.15, 0.2) is 0 Å². The third kappa shape index (κ3) is 6.20. The number of hydrogen-bond acceptors (Lipinski definition) is 1. The maximum absolute atomic E-state index is 6.16. The smallest absolute Gasteiger partial charge is 0.0483 e. The molecule has 2 heteroatoms. The fraction of sp³-hybridized carbons (Fsp3) is 0.576. The Hall–Kier alpha value is -2.06. The quantitative estimate of drug-likeness (QED) is 0.348. The maximum atomic E-state index is 6.16. The highest BCUT2D eigenvalue weighted by atomic mass is 15.0. The predicted molar refractivity (Wildman–Crippen MR) is 152 cm³/mol. The van der Waals surface area contributed by atoms with Crippen molar-refractivity contribution in [1.29, 1.82) is 0 Å². The molecule has 3 aromatic rings. The summed E-state index contributed by atoms with van der Waals surface area (Å²) in [5.74, 6) is 2.20. The Morgan fingerprint density at radius 3 is 2.31 bits per heavy atom. The lowest BCUT2D eigenvalue weighted by Gasteiger charge is -2.27. The average Bonchev–Trinajstić information content (AvgIpc) is 3.22. The molecule has 35 heavy (non-hydrogen) atoms. The van der Waals surface area contributed by atoms with E-state index in [2.05, 4.69) is 66.2 Å². The van der Waals surface area contributed by atoms with Gasteiger partial charge < -0.3 is 10.3 Å². The summed E-state index contributed by atoms with van der Waals surface area (Å²) in [4.78, 5) is 0. The van der Waals surface area contributed by atoms with Gasteiger partial charge in [-0.25, -0.2) is 0 Å². The van der Waals surface area contributed by atoms with Gasteiger partial charge in [0.05, 0.1) is 0 Å². The fourth-order valence-electron chi connectivity index (χ4n) is 6.90. The topological polar surface area (TPSA) is 30.9 Å². The molecule has 1 atom stereocenters. The Balaban J connectivity index is 0.00000289. The first-order valence-corrected chi connectivity index (χ1v) is 14.1. The largest absolute Gasteiger partial charge is 0.347 e. The van der Waals surface area contributed by atoms with Gasteiger partial charge in [0.1, 0.15) is 0 Å². The molecule has 0 spiro atoms. The fourth-order valence-corrected chi connectivity index (χ4v) is 6.90. The third-order valence-electron chi connectivity index (χ3n) is 8.93. The monoisotopic (exact) mass is 472 g/mol.